The second-order valence-corrected chi connectivity index (χ2v) is 8.90. The van der Waals surface area contributed by atoms with Crippen LogP contribution in [0.2, 0.25) is 5.02 Å². The molecule has 6 nitrogen and oxygen atoms in total. The summed E-state index contributed by atoms with van der Waals surface area (Å²) in [7, 11) is 0. The van der Waals surface area contributed by atoms with Crippen LogP contribution in [0.5, 0.6) is 0 Å². The van der Waals surface area contributed by atoms with E-state index in [-0.39, 0.29) is 22.0 Å². The molecular formula is C25H16ClFN2O4S. The van der Waals surface area contributed by atoms with Crippen LogP contribution < -0.4 is 4.90 Å². The Morgan fingerprint density at radius 1 is 1.15 bits per heavy atom. The summed E-state index contributed by atoms with van der Waals surface area (Å²) in [5.74, 6) is -2.53. The number of amides is 1. The number of aliphatic hydroxyl groups excluding tert-OH is 1. The van der Waals surface area contributed by atoms with E-state index < -0.39 is 29.3 Å². The summed E-state index contributed by atoms with van der Waals surface area (Å²) in [4.78, 5) is 32.2. The molecule has 2 aromatic carbocycles. The van der Waals surface area contributed by atoms with E-state index in [1.807, 2.05) is 0 Å². The van der Waals surface area contributed by atoms with Crippen molar-refractivity contribution in [3.05, 3.63) is 105 Å². The molecule has 2 aromatic heterocycles. The Hall–Kier alpha value is -3.75. The highest BCUT2D eigenvalue weighted by Gasteiger charge is 2.47. The van der Waals surface area contributed by atoms with Gasteiger partial charge in [-0.1, -0.05) is 41.9 Å². The van der Waals surface area contributed by atoms with Gasteiger partial charge in [-0.2, -0.15) is 0 Å². The smallest absolute Gasteiger partial charge is 0.296 e. The largest absolute Gasteiger partial charge is 0.503 e. The molecule has 0 fully saturated rings. The van der Waals surface area contributed by atoms with Crippen LogP contribution in [-0.4, -0.2) is 21.8 Å². The van der Waals surface area contributed by atoms with Crippen molar-refractivity contribution >= 4 is 39.8 Å². The molecule has 9 heteroatoms. The van der Waals surface area contributed by atoms with E-state index in [4.69, 9.17) is 16.0 Å². The third kappa shape index (κ3) is 3.70. The number of nitrogens with zero attached hydrogens (tertiary/aromatic N) is 2. The van der Waals surface area contributed by atoms with Crippen molar-refractivity contribution < 1.29 is 23.5 Å². The molecule has 1 unspecified atom stereocenters. The van der Waals surface area contributed by atoms with E-state index in [9.17, 15) is 19.1 Å². The second kappa shape index (κ2) is 8.55. The topological polar surface area (TPSA) is 83.6 Å². The normalized spacial score (nSPS) is 15.9. The molecule has 170 valence electrons. The highest BCUT2D eigenvalue weighted by molar-refractivity contribution is 7.14. The average molecular weight is 495 g/mol. The number of hydrogen-bond donors (Lipinski definition) is 1. The highest BCUT2D eigenvalue weighted by atomic mass is 35.5. The lowest BCUT2D eigenvalue weighted by Crippen LogP contribution is -2.31. The van der Waals surface area contributed by atoms with Crippen molar-refractivity contribution in [1.82, 2.24) is 4.98 Å². The Balaban J connectivity index is 1.63. The van der Waals surface area contributed by atoms with Gasteiger partial charge in [0, 0.05) is 21.5 Å². The number of benzene rings is 2. The molecule has 0 saturated heterocycles. The van der Waals surface area contributed by atoms with Crippen LogP contribution in [0.15, 0.2) is 81.8 Å². The minimum absolute atomic E-state index is 0.0507. The van der Waals surface area contributed by atoms with E-state index in [1.165, 1.54) is 24.3 Å². The quantitative estimate of drug-likeness (QED) is 0.330. The number of furan rings is 1. The van der Waals surface area contributed by atoms with Crippen molar-refractivity contribution in [2.75, 3.05) is 4.90 Å². The summed E-state index contributed by atoms with van der Waals surface area (Å²) >= 11 is 7.10. The maximum Gasteiger partial charge on any atom is 0.296 e. The summed E-state index contributed by atoms with van der Waals surface area (Å²) in [6.45, 7) is 1.67. The Labute approximate surface area is 202 Å². The molecule has 0 saturated carbocycles. The molecule has 3 heterocycles. The summed E-state index contributed by atoms with van der Waals surface area (Å²) in [5.41, 5.74) is 1.11. The maximum atomic E-state index is 14.9. The first-order chi connectivity index (χ1) is 16.3. The number of aromatic nitrogens is 1. The zero-order valence-electron chi connectivity index (χ0n) is 17.7. The van der Waals surface area contributed by atoms with E-state index in [0.717, 1.165) is 21.8 Å². The summed E-state index contributed by atoms with van der Waals surface area (Å²) in [6.07, 6.45) is 0. The van der Waals surface area contributed by atoms with Crippen molar-refractivity contribution in [3.8, 4) is 11.3 Å². The number of carbonyl (C=O) groups excluding carboxylic acids is 2. The third-order valence-corrected chi connectivity index (χ3v) is 6.55. The number of aryl methyl sites for hydroxylation is 1. The summed E-state index contributed by atoms with van der Waals surface area (Å²) in [6, 6.07) is 14.6. The minimum atomic E-state index is -1.23. The molecule has 4 aromatic rings. The number of aliphatic hydroxyl groups is 1. The lowest BCUT2D eigenvalue weighted by atomic mass is 9.95. The van der Waals surface area contributed by atoms with Gasteiger partial charge in [0.25, 0.3) is 5.91 Å². The molecule has 1 aliphatic rings. The monoisotopic (exact) mass is 494 g/mol. The van der Waals surface area contributed by atoms with Crippen LogP contribution in [0.3, 0.4) is 0 Å². The van der Waals surface area contributed by atoms with Gasteiger partial charge in [0.15, 0.2) is 16.7 Å². The fraction of sp³-hybridized carbons (Fsp3) is 0.0800. The van der Waals surface area contributed by atoms with Gasteiger partial charge in [-0.3, -0.25) is 14.5 Å². The van der Waals surface area contributed by atoms with Crippen LogP contribution in [0.4, 0.5) is 9.52 Å². The molecule has 34 heavy (non-hydrogen) atoms. The highest BCUT2D eigenvalue weighted by Crippen LogP contribution is 2.44. The first kappa shape index (κ1) is 22.1. The lowest BCUT2D eigenvalue weighted by Gasteiger charge is -2.24. The predicted molar refractivity (Wildman–Crippen MR) is 127 cm³/mol. The first-order valence-corrected chi connectivity index (χ1v) is 11.4. The molecule has 5 rings (SSSR count). The zero-order chi connectivity index (χ0) is 24.0. The van der Waals surface area contributed by atoms with Crippen LogP contribution in [-0.2, 0) is 4.79 Å². The van der Waals surface area contributed by atoms with Crippen LogP contribution in [0.1, 0.15) is 27.9 Å². The molecule has 1 atom stereocenters. The Bertz CT molecular complexity index is 1460. The number of hydrogen-bond acceptors (Lipinski definition) is 6. The van der Waals surface area contributed by atoms with E-state index in [0.29, 0.717) is 16.5 Å². The average Bonchev–Trinajstić information content (AvgIpc) is 3.53. The summed E-state index contributed by atoms with van der Waals surface area (Å²) < 4.78 is 20.4. The molecular weight excluding hydrogens is 479 g/mol. The number of thiazole rings is 1. The second-order valence-electron chi connectivity index (χ2n) is 7.62. The molecule has 0 bridgehead atoms. The van der Waals surface area contributed by atoms with Gasteiger partial charge in [-0.05, 0) is 37.3 Å². The first-order valence-electron chi connectivity index (χ1n) is 10.2. The molecule has 1 aliphatic heterocycles. The molecule has 1 amide bonds. The van der Waals surface area contributed by atoms with Crippen molar-refractivity contribution in [1.29, 1.82) is 0 Å². The Morgan fingerprint density at radius 3 is 2.56 bits per heavy atom. The SMILES string of the molecule is Cc1ccc(C(=O)C2=C(O)C(=O)N(c3nc(-c4ccc(Cl)cc4)cs3)C2c2ccccc2F)o1. The predicted octanol–water partition coefficient (Wildman–Crippen LogP) is 6.29. The van der Waals surface area contributed by atoms with Gasteiger partial charge in [0.05, 0.1) is 11.3 Å². The molecule has 0 radical (unpaired) electrons. The molecule has 0 spiro atoms. The fourth-order valence-corrected chi connectivity index (χ4v) is 4.83. The van der Waals surface area contributed by atoms with Gasteiger partial charge in [0.2, 0.25) is 5.78 Å². The van der Waals surface area contributed by atoms with Gasteiger partial charge < -0.3 is 9.52 Å². The fourth-order valence-electron chi connectivity index (χ4n) is 3.84. The van der Waals surface area contributed by atoms with Gasteiger partial charge >= 0.3 is 0 Å². The number of anilines is 1. The maximum absolute atomic E-state index is 14.9. The number of Topliss-reactive ketones (excluding diaryl/α,β-unsaturated/α-hetero) is 1. The van der Waals surface area contributed by atoms with Crippen LogP contribution in [0, 0.1) is 12.7 Å². The number of ketones is 1. The van der Waals surface area contributed by atoms with E-state index in [1.54, 1.807) is 48.7 Å². The number of carbonyl (C=O) groups is 2. The zero-order valence-corrected chi connectivity index (χ0v) is 19.2. The van der Waals surface area contributed by atoms with Crippen LogP contribution >= 0.6 is 22.9 Å². The molecule has 1 N–H and O–H groups in total. The van der Waals surface area contributed by atoms with Crippen molar-refractivity contribution in [3.63, 3.8) is 0 Å². The summed E-state index contributed by atoms with van der Waals surface area (Å²) in [5, 5.41) is 13.3. The Morgan fingerprint density at radius 2 is 1.88 bits per heavy atom. The third-order valence-electron chi connectivity index (χ3n) is 5.45. The standard InChI is InChI=1S/C25H16ClFN2O4S/c1-13-6-11-19(33-13)22(30)20-21(16-4-2-3-5-17(16)27)29(24(32)23(20)31)25-28-18(12-34-25)14-7-9-15(26)10-8-14/h2-12,21,31H,1H3. The van der Waals surface area contributed by atoms with Gasteiger partial charge in [-0.15, -0.1) is 11.3 Å². The Kier molecular flexibility index (Phi) is 5.55. The number of rotatable bonds is 5. The van der Waals surface area contributed by atoms with Gasteiger partial charge in [-0.25, -0.2) is 9.37 Å². The number of halogens is 2. The van der Waals surface area contributed by atoms with E-state index >= 15 is 0 Å². The lowest BCUT2D eigenvalue weighted by molar-refractivity contribution is -0.117. The van der Waals surface area contributed by atoms with Gasteiger partial charge in [0.1, 0.15) is 17.6 Å². The minimum Gasteiger partial charge on any atom is -0.503 e. The van der Waals surface area contributed by atoms with Crippen molar-refractivity contribution in [2.24, 2.45) is 0 Å². The van der Waals surface area contributed by atoms with Crippen molar-refractivity contribution in [2.45, 2.75) is 13.0 Å². The van der Waals surface area contributed by atoms with E-state index in [2.05, 4.69) is 4.98 Å². The molecule has 0 aliphatic carbocycles. The van der Waals surface area contributed by atoms with Crippen LogP contribution in [0.25, 0.3) is 11.3 Å².